The minimum absolute atomic E-state index is 0.0204. The number of β-amino-alcohol motifs (C(OH)–C–C–N with tert-alkyl or cyclic N) is 1. The molecule has 242 valence electrons. The number of piperidine rings is 1. The molecule has 2 aliphatic rings. The smallest absolute Gasteiger partial charge is 0.237 e. The van der Waals surface area contributed by atoms with Crippen molar-refractivity contribution in [2.75, 3.05) is 13.1 Å². The maximum absolute atomic E-state index is 14.2. The van der Waals surface area contributed by atoms with Gasteiger partial charge in [-0.15, -0.1) is 0 Å². The first-order chi connectivity index (χ1) is 20.9. The first-order valence-corrected chi connectivity index (χ1v) is 16.2. The van der Waals surface area contributed by atoms with Crippen LogP contribution in [-0.4, -0.2) is 64.7 Å². The molecule has 2 unspecified atom stereocenters. The van der Waals surface area contributed by atoms with E-state index in [0.717, 1.165) is 31.4 Å². The fraction of sp³-hybridized carbons (Fsp3) is 0.600. The number of nitrogens with zero attached hydrogens (tertiary/aromatic N) is 1. The van der Waals surface area contributed by atoms with Crippen molar-refractivity contribution in [2.24, 2.45) is 11.8 Å². The molecular formula is C35H50F2N4O3. The van der Waals surface area contributed by atoms with Crippen molar-refractivity contribution in [1.29, 1.82) is 0 Å². The zero-order valence-corrected chi connectivity index (χ0v) is 26.6. The Morgan fingerprint density at radius 2 is 1.66 bits per heavy atom. The van der Waals surface area contributed by atoms with Crippen molar-refractivity contribution in [1.82, 2.24) is 20.9 Å². The summed E-state index contributed by atoms with van der Waals surface area (Å²) in [4.78, 5) is 29.2. The van der Waals surface area contributed by atoms with Crippen LogP contribution in [0.2, 0.25) is 0 Å². The zero-order valence-electron chi connectivity index (χ0n) is 26.6. The second-order valence-corrected chi connectivity index (χ2v) is 13.7. The molecule has 1 aliphatic heterocycles. The van der Waals surface area contributed by atoms with Gasteiger partial charge in [0.1, 0.15) is 11.6 Å². The molecule has 1 heterocycles. The Balaban J connectivity index is 1.50. The summed E-state index contributed by atoms with van der Waals surface area (Å²) in [6.07, 6.45) is 5.24. The fourth-order valence-corrected chi connectivity index (χ4v) is 6.78. The van der Waals surface area contributed by atoms with Gasteiger partial charge in [0.2, 0.25) is 11.8 Å². The number of carbonyl (C=O) groups is 2. The molecule has 1 saturated heterocycles. The summed E-state index contributed by atoms with van der Waals surface area (Å²) in [5.41, 5.74) is 0.465. The summed E-state index contributed by atoms with van der Waals surface area (Å²) in [6, 6.07) is 11.6. The summed E-state index contributed by atoms with van der Waals surface area (Å²) in [6.45, 7) is 8.58. The van der Waals surface area contributed by atoms with Gasteiger partial charge >= 0.3 is 0 Å². The number of benzene rings is 2. The number of aliphatic hydroxyl groups excluding tert-OH is 1. The van der Waals surface area contributed by atoms with E-state index in [1.807, 2.05) is 58.0 Å². The Labute approximate surface area is 261 Å². The Morgan fingerprint density at radius 3 is 2.30 bits per heavy atom. The lowest BCUT2D eigenvalue weighted by molar-refractivity contribution is -0.133. The third-order valence-electron chi connectivity index (χ3n) is 9.13. The Morgan fingerprint density at radius 1 is 1.00 bits per heavy atom. The topological polar surface area (TPSA) is 93.7 Å². The predicted octanol–water partition coefficient (Wildman–Crippen LogP) is 4.72. The van der Waals surface area contributed by atoms with E-state index in [9.17, 15) is 23.5 Å². The Kier molecular flexibility index (Phi) is 11.9. The van der Waals surface area contributed by atoms with Crippen molar-refractivity contribution >= 4 is 11.8 Å². The first-order valence-electron chi connectivity index (χ1n) is 16.2. The van der Waals surface area contributed by atoms with Crippen molar-refractivity contribution in [3.05, 3.63) is 71.3 Å². The molecule has 4 rings (SSSR count). The van der Waals surface area contributed by atoms with Gasteiger partial charge in [0, 0.05) is 30.7 Å². The third-order valence-corrected chi connectivity index (χ3v) is 9.13. The quantitative estimate of drug-likeness (QED) is 0.279. The zero-order chi connectivity index (χ0) is 31.9. The lowest BCUT2D eigenvalue weighted by atomic mass is 9.72. The number of fused-ring (bicyclic) bond motifs is 1. The normalized spacial score (nSPS) is 22.8. The summed E-state index contributed by atoms with van der Waals surface area (Å²) in [5, 5.41) is 20.9. The highest BCUT2D eigenvalue weighted by atomic mass is 19.1. The van der Waals surface area contributed by atoms with E-state index in [2.05, 4.69) is 20.9 Å². The van der Waals surface area contributed by atoms with Crippen molar-refractivity contribution in [3.63, 3.8) is 0 Å². The molecule has 44 heavy (non-hydrogen) atoms. The lowest BCUT2D eigenvalue weighted by Crippen LogP contribution is -2.61. The van der Waals surface area contributed by atoms with Gasteiger partial charge in [-0.2, -0.15) is 0 Å². The van der Waals surface area contributed by atoms with Gasteiger partial charge in [-0.1, -0.05) is 62.6 Å². The summed E-state index contributed by atoms with van der Waals surface area (Å²) in [7, 11) is 0. The largest absolute Gasteiger partial charge is 0.390 e. The van der Waals surface area contributed by atoms with Crippen LogP contribution >= 0.6 is 0 Å². The molecule has 4 N–H and O–H groups in total. The van der Waals surface area contributed by atoms with Gasteiger partial charge in [0.15, 0.2) is 0 Å². The van der Waals surface area contributed by atoms with Crippen LogP contribution in [0.3, 0.4) is 0 Å². The van der Waals surface area contributed by atoms with Crippen LogP contribution in [0, 0.1) is 23.5 Å². The molecule has 2 aromatic carbocycles. The maximum atomic E-state index is 14.2. The molecule has 2 amide bonds. The number of rotatable bonds is 12. The molecule has 9 heteroatoms. The van der Waals surface area contributed by atoms with Crippen molar-refractivity contribution in [2.45, 2.75) is 109 Å². The van der Waals surface area contributed by atoms with Crippen molar-refractivity contribution < 1.29 is 23.5 Å². The summed E-state index contributed by atoms with van der Waals surface area (Å²) in [5.74, 6) is -0.716. The van der Waals surface area contributed by atoms with Gasteiger partial charge < -0.3 is 21.1 Å². The highest BCUT2D eigenvalue weighted by molar-refractivity contribution is 5.83. The van der Waals surface area contributed by atoms with Crippen LogP contribution in [0.1, 0.15) is 77.3 Å². The lowest BCUT2D eigenvalue weighted by Gasteiger charge is -2.47. The van der Waals surface area contributed by atoms with Crippen LogP contribution in [0.4, 0.5) is 8.78 Å². The fourth-order valence-electron chi connectivity index (χ4n) is 6.78. The number of likely N-dealkylation sites (tertiary alicyclic amines) is 1. The second-order valence-electron chi connectivity index (χ2n) is 13.7. The molecule has 7 nitrogen and oxygen atoms in total. The molecule has 1 aliphatic carbocycles. The molecule has 0 radical (unpaired) electrons. The number of hydrogen-bond acceptors (Lipinski definition) is 5. The highest BCUT2D eigenvalue weighted by Gasteiger charge is 2.42. The predicted molar refractivity (Wildman–Crippen MR) is 169 cm³/mol. The molecule has 0 aromatic heterocycles. The minimum atomic E-state index is -0.953. The first kappa shape index (κ1) is 34.0. The monoisotopic (exact) mass is 612 g/mol. The number of amides is 2. The molecule has 0 spiro atoms. The molecule has 1 saturated carbocycles. The second kappa shape index (κ2) is 15.4. The number of hydrogen-bond donors (Lipinski definition) is 4. The number of carbonyl (C=O) groups excluding carboxylic acids is 2. The summed E-state index contributed by atoms with van der Waals surface area (Å²) < 4.78 is 28.4. The number of halogens is 2. The molecule has 6 atom stereocenters. The summed E-state index contributed by atoms with van der Waals surface area (Å²) >= 11 is 0. The van der Waals surface area contributed by atoms with Crippen molar-refractivity contribution in [3.8, 4) is 0 Å². The molecule has 2 aromatic rings. The Bertz CT molecular complexity index is 1220. The van der Waals surface area contributed by atoms with E-state index in [-0.39, 0.29) is 42.0 Å². The van der Waals surface area contributed by atoms with Crippen LogP contribution < -0.4 is 16.0 Å². The van der Waals surface area contributed by atoms with Crippen LogP contribution in [-0.2, 0) is 22.6 Å². The standard InChI is InChI=1S/C35H50F2N4O3/c1-5-29(38-20-26-27(36)16-11-17-28(26)37)33(43)39-30(18-23-12-7-6-8-13-23)32(42)22-41-21-25-15-10-9-14-24(25)19-31(41)34(44)40-35(2,3)4/h6-8,11-13,16-17,24-25,29-32,38,42H,5,9-10,14-15,18-22H2,1-4H3,(H,39,43)(H,40,44)/t24-,25?,29-,30?,31-,32+/m0/s1. The van der Waals surface area contributed by atoms with Gasteiger partial charge in [0.05, 0.1) is 24.2 Å². The van der Waals surface area contributed by atoms with Gasteiger partial charge in [-0.25, -0.2) is 8.78 Å². The number of nitrogens with one attached hydrogen (secondary N) is 3. The van der Waals surface area contributed by atoms with Gasteiger partial charge in [0.25, 0.3) is 0 Å². The van der Waals surface area contributed by atoms with Gasteiger partial charge in [-0.05, 0) is 76.0 Å². The van der Waals surface area contributed by atoms with E-state index in [4.69, 9.17) is 0 Å². The van der Waals surface area contributed by atoms with E-state index in [1.54, 1.807) is 0 Å². The Hall–Kier alpha value is -2.88. The van der Waals surface area contributed by atoms with E-state index in [1.165, 1.54) is 31.0 Å². The highest BCUT2D eigenvalue weighted by Crippen LogP contribution is 2.39. The number of aliphatic hydroxyl groups is 1. The molecule has 0 bridgehead atoms. The average molecular weight is 613 g/mol. The van der Waals surface area contributed by atoms with E-state index >= 15 is 0 Å². The third kappa shape index (κ3) is 9.31. The minimum Gasteiger partial charge on any atom is -0.390 e. The molecular weight excluding hydrogens is 562 g/mol. The average Bonchev–Trinajstić information content (AvgIpc) is 2.97. The van der Waals surface area contributed by atoms with Crippen LogP contribution in [0.15, 0.2) is 48.5 Å². The van der Waals surface area contributed by atoms with Gasteiger partial charge in [-0.3, -0.25) is 14.5 Å². The SMILES string of the molecule is CC[C@H](NCc1c(F)cccc1F)C(=O)NC(Cc1ccccc1)[C@H](O)CN1CC2CCCC[C@H]2C[C@H]1C(=O)NC(C)(C)C. The maximum Gasteiger partial charge on any atom is 0.237 e. The van der Waals surface area contributed by atoms with E-state index < -0.39 is 29.8 Å². The molecule has 2 fully saturated rings. The van der Waals surface area contributed by atoms with E-state index in [0.29, 0.717) is 24.7 Å². The van der Waals surface area contributed by atoms with Crippen LogP contribution in [0.5, 0.6) is 0 Å². The van der Waals surface area contributed by atoms with Crippen LogP contribution in [0.25, 0.3) is 0 Å².